The molecule has 5 nitrogen and oxygen atoms in total. The van der Waals surface area contributed by atoms with Crippen molar-refractivity contribution in [3.8, 4) is 5.75 Å². The lowest BCUT2D eigenvalue weighted by Crippen LogP contribution is -2.48. The van der Waals surface area contributed by atoms with Crippen molar-refractivity contribution in [2.45, 2.75) is 12.2 Å². The van der Waals surface area contributed by atoms with E-state index in [-0.39, 0.29) is 12.4 Å². The number of fused-ring (bicyclic) bond motifs is 1. The number of aliphatic hydroxyl groups is 1. The number of phenolic OH excluding ortho intramolecular Hbond substituents is 1. The second-order valence-electron chi connectivity index (χ2n) is 7.70. The molecule has 1 atom stereocenters. The maximum Gasteiger partial charge on any atom is 0.416 e. The van der Waals surface area contributed by atoms with Gasteiger partial charge in [0.05, 0.1) is 18.2 Å². The third-order valence-electron chi connectivity index (χ3n) is 5.82. The molecule has 1 aromatic heterocycles. The van der Waals surface area contributed by atoms with Crippen LogP contribution in [0, 0.1) is 0 Å². The number of benzene rings is 2. The lowest BCUT2D eigenvalue weighted by atomic mass is 9.93. The van der Waals surface area contributed by atoms with E-state index in [1.165, 1.54) is 12.1 Å². The number of rotatable bonds is 5. The lowest BCUT2D eigenvalue weighted by Gasteiger charge is -2.39. The number of pyridine rings is 1. The van der Waals surface area contributed by atoms with Crippen molar-refractivity contribution in [1.29, 1.82) is 0 Å². The van der Waals surface area contributed by atoms with Gasteiger partial charge in [-0.05, 0) is 23.8 Å². The molecule has 0 aliphatic carbocycles. The number of piperazine rings is 1. The summed E-state index contributed by atoms with van der Waals surface area (Å²) >= 11 is 0. The van der Waals surface area contributed by atoms with Crippen LogP contribution in [0.3, 0.4) is 0 Å². The minimum atomic E-state index is -4.40. The topological polar surface area (TPSA) is 59.8 Å². The molecule has 164 valence electrons. The van der Waals surface area contributed by atoms with E-state index in [9.17, 15) is 23.4 Å². The van der Waals surface area contributed by atoms with Crippen molar-refractivity contribution in [2.24, 2.45) is 0 Å². The van der Waals surface area contributed by atoms with Crippen LogP contribution in [0.5, 0.6) is 5.75 Å². The number of phenols is 1. The maximum atomic E-state index is 13.1. The molecule has 8 heteroatoms. The molecule has 2 N–H and O–H groups in total. The Morgan fingerprint density at radius 1 is 0.968 bits per heavy atom. The summed E-state index contributed by atoms with van der Waals surface area (Å²) in [5.41, 5.74) is 1.05. The van der Waals surface area contributed by atoms with Crippen LogP contribution < -0.4 is 0 Å². The molecule has 31 heavy (non-hydrogen) atoms. The van der Waals surface area contributed by atoms with E-state index >= 15 is 0 Å². The first-order valence-electron chi connectivity index (χ1n) is 10.2. The largest absolute Gasteiger partial charge is 0.505 e. The van der Waals surface area contributed by atoms with Crippen molar-refractivity contribution in [3.05, 3.63) is 71.4 Å². The van der Waals surface area contributed by atoms with Crippen LogP contribution in [-0.2, 0) is 6.18 Å². The first-order valence-corrected chi connectivity index (χ1v) is 10.2. The van der Waals surface area contributed by atoms with Gasteiger partial charge in [0.25, 0.3) is 0 Å². The summed E-state index contributed by atoms with van der Waals surface area (Å²) in [7, 11) is 0. The molecule has 1 aliphatic heterocycles. The number of aromatic hydroxyl groups is 1. The molecule has 1 unspecified atom stereocenters. The normalized spacial score (nSPS) is 17.2. The van der Waals surface area contributed by atoms with Gasteiger partial charge in [-0.2, -0.15) is 13.2 Å². The number of hydrogen-bond donors (Lipinski definition) is 2. The SMILES string of the molecule is OCCN1CCN(C(c2ccc(C(F)(F)F)cc2)c2ccc3cccnc3c2O)CC1. The van der Waals surface area contributed by atoms with Crippen LogP contribution in [0.1, 0.15) is 22.7 Å². The van der Waals surface area contributed by atoms with Gasteiger partial charge >= 0.3 is 6.18 Å². The fourth-order valence-electron chi connectivity index (χ4n) is 4.19. The van der Waals surface area contributed by atoms with Gasteiger partial charge in [-0.3, -0.25) is 14.8 Å². The van der Waals surface area contributed by atoms with Crippen LogP contribution in [-0.4, -0.2) is 64.3 Å². The monoisotopic (exact) mass is 431 g/mol. The van der Waals surface area contributed by atoms with E-state index in [2.05, 4.69) is 14.8 Å². The van der Waals surface area contributed by atoms with Crippen molar-refractivity contribution >= 4 is 10.9 Å². The van der Waals surface area contributed by atoms with Crippen molar-refractivity contribution in [3.63, 3.8) is 0 Å². The smallest absolute Gasteiger partial charge is 0.416 e. The van der Waals surface area contributed by atoms with Crippen molar-refractivity contribution in [1.82, 2.24) is 14.8 Å². The van der Waals surface area contributed by atoms with E-state index in [4.69, 9.17) is 0 Å². The van der Waals surface area contributed by atoms with E-state index in [1.54, 1.807) is 12.3 Å². The molecule has 1 saturated heterocycles. The zero-order valence-corrected chi connectivity index (χ0v) is 16.9. The van der Waals surface area contributed by atoms with E-state index < -0.39 is 17.8 Å². The standard InChI is InChI=1S/C23H24F3N3O2/c24-23(25,26)18-6-3-17(4-7-18)21(29-12-10-28(11-13-29)14-15-30)19-8-5-16-2-1-9-27-20(16)22(19)31/h1-9,21,30-31H,10-15H2. The quantitative estimate of drug-likeness (QED) is 0.646. The minimum Gasteiger partial charge on any atom is -0.505 e. The number of alkyl halides is 3. The van der Waals surface area contributed by atoms with Crippen LogP contribution in [0.15, 0.2) is 54.7 Å². The molecular formula is C23H24F3N3O2. The Hall–Kier alpha value is -2.68. The first kappa shape index (κ1) is 21.5. The van der Waals surface area contributed by atoms with Gasteiger partial charge in [0.2, 0.25) is 0 Å². The Labute approximate surface area is 178 Å². The second-order valence-corrected chi connectivity index (χ2v) is 7.70. The molecule has 3 aromatic rings. The highest BCUT2D eigenvalue weighted by Crippen LogP contribution is 2.39. The summed E-state index contributed by atoms with van der Waals surface area (Å²) in [6.45, 7) is 3.44. The van der Waals surface area contributed by atoms with E-state index in [1.807, 2.05) is 18.2 Å². The highest BCUT2D eigenvalue weighted by Gasteiger charge is 2.32. The average Bonchev–Trinajstić information content (AvgIpc) is 2.77. The van der Waals surface area contributed by atoms with Gasteiger partial charge in [-0.15, -0.1) is 0 Å². The van der Waals surface area contributed by atoms with E-state index in [0.717, 1.165) is 30.6 Å². The Kier molecular flexibility index (Phi) is 6.13. The molecule has 0 radical (unpaired) electrons. The molecule has 0 spiro atoms. The van der Waals surface area contributed by atoms with Gasteiger partial charge in [-0.25, -0.2) is 0 Å². The second kappa shape index (κ2) is 8.82. The Morgan fingerprint density at radius 2 is 1.68 bits per heavy atom. The number of nitrogens with zero attached hydrogens (tertiary/aromatic N) is 3. The molecule has 1 fully saturated rings. The van der Waals surface area contributed by atoms with Crippen molar-refractivity contribution in [2.75, 3.05) is 39.3 Å². The number of halogens is 3. The average molecular weight is 431 g/mol. The third-order valence-corrected chi connectivity index (χ3v) is 5.82. The molecular weight excluding hydrogens is 407 g/mol. The third kappa shape index (κ3) is 4.51. The number of β-amino-alcohol motifs (C(OH)–C–C–N with tert-alkyl or cyclic N) is 1. The highest BCUT2D eigenvalue weighted by molar-refractivity contribution is 5.85. The molecule has 1 aliphatic rings. The molecule has 0 bridgehead atoms. The molecule has 0 amide bonds. The maximum absolute atomic E-state index is 13.1. The van der Waals surface area contributed by atoms with Crippen LogP contribution >= 0.6 is 0 Å². The van der Waals surface area contributed by atoms with Gasteiger partial charge in [-0.1, -0.05) is 30.3 Å². The number of aromatic nitrogens is 1. The zero-order valence-electron chi connectivity index (χ0n) is 16.9. The predicted octanol–water partition coefficient (Wildman–Crippen LogP) is 3.66. The summed E-state index contributed by atoms with van der Waals surface area (Å²) < 4.78 is 39.2. The van der Waals surface area contributed by atoms with Gasteiger partial charge in [0, 0.05) is 49.9 Å². The first-order chi connectivity index (χ1) is 14.9. The number of hydrogen-bond acceptors (Lipinski definition) is 5. The van der Waals surface area contributed by atoms with Gasteiger partial charge in [0.1, 0.15) is 11.3 Å². The Balaban J connectivity index is 1.74. The molecule has 0 saturated carbocycles. The highest BCUT2D eigenvalue weighted by atomic mass is 19.4. The van der Waals surface area contributed by atoms with Crippen LogP contribution in [0.4, 0.5) is 13.2 Å². The van der Waals surface area contributed by atoms with E-state index in [0.29, 0.717) is 36.3 Å². The summed E-state index contributed by atoms with van der Waals surface area (Å²) in [5.74, 6) is 0.0424. The Morgan fingerprint density at radius 3 is 2.32 bits per heavy atom. The molecule has 4 rings (SSSR count). The van der Waals surface area contributed by atoms with Gasteiger partial charge < -0.3 is 10.2 Å². The predicted molar refractivity (Wildman–Crippen MR) is 112 cm³/mol. The molecule has 2 aromatic carbocycles. The summed E-state index contributed by atoms with van der Waals surface area (Å²) in [5, 5.41) is 21.0. The van der Waals surface area contributed by atoms with Crippen LogP contribution in [0.2, 0.25) is 0 Å². The Bertz CT molecular complexity index is 1030. The summed E-state index contributed by atoms with van der Waals surface area (Å²) in [4.78, 5) is 8.59. The zero-order chi connectivity index (χ0) is 22.0. The summed E-state index contributed by atoms with van der Waals surface area (Å²) in [6, 6.07) is 12.1. The fraction of sp³-hybridized carbons (Fsp3) is 0.348. The lowest BCUT2D eigenvalue weighted by molar-refractivity contribution is -0.137. The van der Waals surface area contributed by atoms with Crippen molar-refractivity contribution < 1.29 is 23.4 Å². The summed E-state index contributed by atoms with van der Waals surface area (Å²) in [6.07, 6.45) is -2.80. The minimum absolute atomic E-state index is 0.0424. The molecule has 2 heterocycles. The van der Waals surface area contributed by atoms with Gasteiger partial charge in [0.15, 0.2) is 0 Å². The fourth-order valence-corrected chi connectivity index (χ4v) is 4.19. The van der Waals surface area contributed by atoms with Crippen LogP contribution in [0.25, 0.3) is 10.9 Å². The number of aliphatic hydroxyl groups excluding tert-OH is 1.